The van der Waals surface area contributed by atoms with Gasteiger partial charge in [-0.05, 0) is 0 Å². The molecule has 0 nitrogen and oxygen atoms in total. The Bertz CT molecular complexity index is 94.2. The van der Waals surface area contributed by atoms with E-state index < -0.39 is 20.8 Å². The first-order valence-electron chi connectivity index (χ1n) is 1.69. The van der Waals surface area contributed by atoms with Crippen molar-refractivity contribution in [2.45, 2.75) is 0 Å². The molecule has 0 saturated heterocycles. The van der Waals surface area contributed by atoms with E-state index in [2.05, 4.69) is 0 Å². The molecule has 0 unspecified atom stereocenters. The molecular weight excluding hydrogens is 716 g/mol. The van der Waals surface area contributed by atoms with Crippen LogP contribution in [-0.2, 0) is 20.8 Å². The second-order valence-corrected chi connectivity index (χ2v) is 94.1. The van der Waals surface area contributed by atoms with Crippen LogP contribution in [0.15, 0.2) is 0 Å². The first kappa shape index (κ1) is 18.7. The van der Waals surface area contributed by atoms with Crippen molar-refractivity contribution < 1.29 is 20.8 Å². The quantitative estimate of drug-likeness (QED) is 0.257. The van der Waals surface area contributed by atoms with Crippen molar-refractivity contribution in [1.29, 1.82) is 0 Å². The Morgan fingerprint density at radius 2 is 0.333 bits per heavy atom. The van der Waals surface area contributed by atoms with Gasteiger partial charge in [-0.1, -0.05) is 0 Å². The van der Waals surface area contributed by atoms with Crippen LogP contribution in [0.1, 0.15) is 0 Å². The van der Waals surface area contributed by atoms with Gasteiger partial charge in [0, 0.05) is 0 Å². The van der Waals surface area contributed by atoms with Crippen LogP contribution in [0.25, 0.3) is 0 Å². The van der Waals surface area contributed by atoms with E-state index in [9.17, 15) is 0 Å². The van der Waals surface area contributed by atoms with Gasteiger partial charge in [0.2, 0.25) is 0 Å². The Kier molecular flexibility index (Phi) is 8.36. The van der Waals surface area contributed by atoms with Gasteiger partial charge in [0.15, 0.2) is 0 Å². The molecule has 0 radical (unpaired) electrons. The average molecular weight is 716 g/mol. The molecule has 0 aliphatic rings. The van der Waals surface area contributed by atoms with Crippen LogP contribution in [0.4, 0.5) is 0 Å². The third-order valence-electron chi connectivity index (χ3n) is 0. The van der Waals surface area contributed by atoms with E-state index in [4.69, 9.17) is 91.9 Å². The normalized spacial score (nSPS) is 19.2. The number of halogens is 10. The van der Waals surface area contributed by atoms with Crippen molar-refractivity contribution in [3.05, 3.63) is 0 Å². The summed E-state index contributed by atoms with van der Waals surface area (Å²) >= 11 is 0. The van der Waals surface area contributed by atoms with Gasteiger partial charge >= 0.3 is 113 Å². The van der Waals surface area contributed by atoms with Crippen LogP contribution in [0.2, 0.25) is 0 Å². The summed E-state index contributed by atoms with van der Waals surface area (Å²) in [6, 6.07) is 0. The van der Waals surface area contributed by atoms with Gasteiger partial charge in [0.05, 0.1) is 0 Å². The topological polar surface area (TPSA) is 0 Å². The van der Waals surface area contributed by atoms with Crippen LogP contribution in [0, 0.1) is 0 Å². The summed E-state index contributed by atoms with van der Waals surface area (Å²) in [5, 5.41) is 0. The second kappa shape index (κ2) is 5.35. The van der Waals surface area contributed by atoms with Gasteiger partial charge in [0.25, 0.3) is 0 Å². The molecule has 0 N–H and O–H groups in total. The van der Waals surface area contributed by atoms with Crippen LogP contribution in [-0.4, -0.2) is 0 Å². The predicted molar refractivity (Wildman–Crippen MR) is 58.5 cm³/mol. The van der Waals surface area contributed by atoms with Gasteiger partial charge in [0.1, 0.15) is 0 Å². The number of rotatable bonds is 0. The Morgan fingerprint density at radius 3 is 0.333 bits per heavy atom. The van der Waals surface area contributed by atoms with Crippen molar-refractivity contribution in [3.63, 3.8) is 0 Å². The molecular formula is Cl10Ta2. The first-order valence-corrected chi connectivity index (χ1v) is 41.5. The van der Waals surface area contributed by atoms with Gasteiger partial charge in [-0.3, -0.25) is 0 Å². The number of hydrogen-bond acceptors (Lipinski definition) is 0. The van der Waals surface area contributed by atoms with Crippen LogP contribution in [0.3, 0.4) is 0 Å². The number of hydrogen-bond donors (Lipinski definition) is 0. The van der Waals surface area contributed by atoms with Crippen LogP contribution < -0.4 is 0 Å². The summed E-state index contributed by atoms with van der Waals surface area (Å²) < 4.78 is 0. The fraction of sp³-hybridized carbons (Fsp3) is 0. The molecule has 0 atom stereocenters. The third kappa shape index (κ3) is 134. The van der Waals surface area contributed by atoms with E-state index in [1.807, 2.05) is 0 Å². The van der Waals surface area contributed by atoms with E-state index in [0.717, 1.165) is 0 Å². The van der Waals surface area contributed by atoms with Crippen LogP contribution >= 0.6 is 91.9 Å². The van der Waals surface area contributed by atoms with Gasteiger partial charge in [-0.2, -0.15) is 0 Å². The molecule has 80 valence electrons. The zero-order valence-corrected chi connectivity index (χ0v) is 18.7. The van der Waals surface area contributed by atoms with Gasteiger partial charge in [-0.15, -0.1) is 0 Å². The van der Waals surface area contributed by atoms with Gasteiger partial charge < -0.3 is 0 Å². The van der Waals surface area contributed by atoms with Crippen molar-refractivity contribution >= 4 is 91.9 Å². The van der Waals surface area contributed by atoms with Crippen molar-refractivity contribution in [2.24, 2.45) is 0 Å². The molecule has 0 aliphatic heterocycles. The van der Waals surface area contributed by atoms with E-state index in [1.165, 1.54) is 0 Å². The monoisotopic (exact) mass is 712 g/mol. The minimum absolute atomic E-state index is 4.44. The molecule has 12 heavy (non-hydrogen) atoms. The molecule has 0 bridgehead atoms. The Balaban J connectivity index is 0. The van der Waals surface area contributed by atoms with E-state index in [-0.39, 0.29) is 0 Å². The molecule has 0 spiro atoms. The summed E-state index contributed by atoms with van der Waals surface area (Å²) in [7, 11) is 41.7. The summed E-state index contributed by atoms with van der Waals surface area (Å²) in [6.45, 7) is 0. The maximum atomic E-state index is 5.06. The summed E-state index contributed by atoms with van der Waals surface area (Å²) in [4.78, 5) is 0. The molecule has 12 heteroatoms. The SMILES string of the molecule is [Cl][Ta]([Cl])([Cl])([Cl])[Cl].[Cl][Ta]([Cl])([Cl])([Cl])[Cl]. The minimum atomic E-state index is -4.44. The fourth-order valence-corrected chi connectivity index (χ4v) is 0. The Hall–Kier alpha value is 4.38. The van der Waals surface area contributed by atoms with Gasteiger partial charge in [-0.25, -0.2) is 0 Å². The molecule has 0 aliphatic carbocycles. The van der Waals surface area contributed by atoms with E-state index >= 15 is 0 Å². The Labute approximate surface area is 110 Å². The average Bonchev–Trinajstić information content (AvgIpc) is 1.02. The van der Waals surface area contributed by atoms with Crippen molar-refractivity contribution in [1.82, 2.24) is 0 Å². The van der Waals surface area contributed by atoms with Crippen LogP contribution in [0.5, 0.6) is 0 Å². The Morgan fingerprint density at radius 1 is 0.333 bits per heavy atom. The maximum absolute atomic E-state index is 5.06. The molecule has 0 aromatic carbocycles. The summed E-state index contributed by atoms with van der Waals surface area (Å²) in [6.07, 6.45) is 0. The van der Waals surface area contributed by atoms with E-state index in [1.54, 1.807) is 0 Å². The zero-order valence-electron chi connectivity index (χ0n) is 4.67. The first-order chi connectivity index (χ1) is 4.47. The molecule has 0 fully saturated rings. The molecule has 0 amide bonds. The molecule has 0 heterocycles. The zero-order chi connectivity index (χ0) is 10.9. The van der Waals surface area contributed by atoms with Crippen molar-refractivity contribution in [2.75, 3.05) is 0 Å². The summed E-state index contributed by atoms with van der Waals surface area (Å²) in [5.74, 6) is 0. The molecule has 0 saturated carbocycles. The summed E-state index contributed by atoms with van der Waals surface area (Å²) in [5.41, 5.74) is 0. The standard InChI is InChI=1S/10ClH.2Ta/h10*1H;;/q;;;;;;;;;;2*+5/p-10. The fourth-order valence-electron chi connectivity index (χ4n) is 0. The molecule has 0 aromatic heterocycles. The van der Waals surface area contributed by atoms with E-state index in [0.29, 0.717) is 0 Å². The second-order valence-electron chi connectivity index (χ2n) is 1.28. The molecule has 0 rings (SSSR count). The predicted octanol–water partition coefficient (Wildman–Crippen LogP) is 6.89. The van der Waals surface area contributed by atoms with Crippen molar-refractivity contribution in [3.8, 4) is 0 Å². The third-order valence-corrected chi connectivity index (χ3v) is 0. The molecule has 0 aromatic rings.